The topological polar surface area (TPSA) is 69.0 Å². The number of rotatable bonds is 6. The number of aromatic nitrogens is 1. The van der Waals surface area contributed by atoms with Gasteiger partial charge in [0.15, 0.2) is 17.3 Å². The molecular formula is C21H24ClN3O4S. The van der Waals surface area contributed by atoms with E-state index in [-0.39, 0.29) is 6.29 Å². The molecule has 1 N–H and O–H groups in total. The van der Waals surface area contributed by atoms with Crippen molar-refractivity contribution in [3.05, 3.63) is 47.1 Å². The number of oxazole rings is 1. The summed E-state index contributed by atoms with van der Waals surface area (Å²) in [5, 5.41) is 3.53. The lowest BCUT2D eigenvalue weighted by molar-refractivity contribution is -0.0597. The van der Waals surface area contributed by atoms with Crippen LogP contribution in [0, 0.1) is 0 Å². The second kappa shape index (κ2) is 9.30. The summed E-state index contributed by atoms with van der Waals surface area (Å²) in [5.41, 5.74) is 5.35. The number of hydrogen-bond donors (Lipinski definition) is 1. The van der Waals surface area contributed by atoms with Crippen LogP contribution in [-0.4, -0.2) is 55.8 Å². The van der Waals surface area contributed by atoms with Crippen LogP contribution in [0.5, 0.6) is 0 Å². The van der Waals surface area contributed by atoms with E-state index in [0.29, 0.717) is 32.2 Å². The van der Waals surface area contributed by atoms with Crippen LogP contribution >= 0.6 is 23.4 Å². The van der Waals surface area contributed by atoms with Gasteiger partial charge in [0.05, 0.1) is 19.8 Å². The van der Waals surface area contributed by atoms with Gasteiger partial charge in [-0.15, -0.1) is 0 Å². The maximum absolute atomic E-state index is 6.30. The fraction of sp³-hybridized carbons (Fsp3) is 0.476. The average Bonchev–Trinajstić information content (AvgIpc) is 3.52. The molecular weight excluding hydrogens is 426 g/mol. The maximum atomic E-state index is 6.30. The molecule has 0 saturated carbocycles. The van der Waals surface area contributed by atoms with E-state index < -0.39 is 0 Å². The number of hydrogen-bond acceptors (Lipinski definition) is 8. The van der Waals surface area contributed by atoms with Crippen LogP contribution in [0.2, 0.25) is 5.02 Å². The summed E-state index contributed by atoms with van der Waals surface area (Å²) in [7, 11) is 0. The van der Waals surface area contributed by atoms with Gasteiger partial charge < -0.3 is 23.6 Å². The average molecular weight is 450 g/mol. The lowest BCUT2D eigenvalue weighted by atomic mass is 10.0. The number of ether oxygens (including phenoxy) is 3. The molecule has 7 nitrogen and oxygen atoms in total. The van der Waals surface area contributed by atoms with Crippen molar-refractivity contribution in [1.29, 1.82) is 0 Å². The molecule has 0 atom stereocenters. The van der Waals surface area contributed by atoms with Crippen LogP contribution in [0.1, 0.15) is 30.3 Å². The second-order valence-electron chi connectivity index (χ2n) is 7.44. The highest BCUT2D eigenvalue weighted by Crippen LogP contribution is 2.38. The number of nitrogens with one attached hydrogen (secondary N) is 1. The summed E-state index contributed by atoms with van der Waals surface area (Å²) in [6.45, 7) is 4.11. The summed E-state index contributed by atoms with van der Waals surface area (Å²) in [6, 6.07) is 7.77. The van der Waals surface area contributed by atoms with Crippen LogP contribution in [0.15, 0.2) is 44.9 Å². The molecule has 30 heavy (non-hydrogen) atoms. The molecule has 2 fully saturated rings. The third-order valence-electron chi connectivity index (χ3n) is 5.33. The molecule has 3 aliphatic rings. The molecule has 0 bridgehead atoms. The zero-order chi connectivity index (χ0) is 20.3. The Morgan fingerprint density at radius 2 is 1.87 bits per heavy atom. The van der Waals surface area contributed by atoms with Gasteiger partial charge in [0.25, 0.3) is 0 Å². The van der Waals surface area contributed by atoms with Gasteiger partial charge in [-0.3, -0.25) is 0 Å². The molecule has 0 unspecified atom stereocenters. The third kappa shape index (κ3) is 4.69. The molecule has 4 heterocycles. The molecule has 9 heteroatoms. The molecule has 3 aliphatic heterocycles. The van der Waals surface area contributed by atoms with Crippen molar-refractivity contribution in [2.75, 3.05) is 39.5 Å². The van der Waals surface area contributed by atoms with Crippen LogP contribution in [-0.2, 0) is 14.2 Å². The second-order valence-corrected chi connectivity index (χ2v) is 8.93. The highest BCUT2D eigenvalue weighted by atomic mass is 35.5. The van der Waals surface area contributed by atoms with Crippen molar-refractivity contribution < 1.29 is 18.6 Å². The van der Waals surface area contributed by atoms with Crippen molar-refractivity contribution in [2.24, 2.45) is 0 Å². The third-order valence-corrected chi connectivity index (χ3v) is 6.55. The van der Waals surface area contributed by atoms with Gasteiger partial charge in [-0.2, -0.15) is 0 Å². The first-order valence-electron chi connectivity index (χ1n) is 10.2. The van der Waals surface area contributed by atoms with Crippen molar-refractivity contribution >= 4 is 28.9 Å². The van der Waals surface area contributed by atoms with Crippen LogP contribution in [0.4, 0.5) is 0 Å². The minimum atomic E-state index is -0.203. The van der Waals surface area contributed by atoms with E-state index in [9.17, 15) is 0 Å². The van der Waals surface area contributed by atoms with Crippen LogP contribution in [0.25, 0.3) is 5.57 Å². The van der Waals surface area contributed by atoms with Crippen molar-refractivity contribution in [1.82, 2.24) is 15.4 Å². The first kappa shape index (κ1) is 20.4. The first-order valence-corrected chi connectivity index (χ1v) is 11.4. The summed E-state index contributed by atoms with van der Waals surface area (Å²) in [6.07, 6.45) is 3.74. The number of halogens is 1. The molecule has 2 saturated heterocycles. The largest absolute Gasteiger partial charge is 0.433 e. The lowest BCUT2D eigenvalue weighted by Crippen LogP contribution is -2.36. The molecule has 0 spiro atoms. The van der Waals surface area contributed by atoms with Crippen LogP contribution in [0.3, 0.4) is 0 Å². The van der Waals surface area contributed by atoms with Gasteiger partial charge in [0, 0.05) is 47.4 Å². The summed E-state index contributed by atoms with van der Waals surface area (Å²) >= 11 is 7.61. The summed E-state index contributed by atoms with van der Waals surface area (Å²) < 4.78 is 22.9. The molecule has 5 rings (SSSR count). The van der Waals surface area contributed by atoms with E-state index in [4.69, 9.17) is 35.2 Å². The minimum Gasteiger partial charge on any atom is -0.433 e. The quantitative estimate of drug-likeness (QED) is 0.712. The Kier molecular flexibility index (Phi) is 6.31. The molecule has 0 aliphatic carbocycles. The molecule has 1 aromatic carbocycles. The fourth-order valence-electron chi connectivity index (χ4n) is 3.72. The van der Waals surface area contributed by atoms with E-state index in [1.165, 1.54) is 0 Å². The van der Waals surface area contributed by atoms with Crippen molar-refractivity contribution in [3.8, 4) is 0 Å². The molecule has 0 radical (unpaired) electrons. The van der Waals surface area contributed by atoms with Gasteiger partial charge in [-0.05, 0) is 48.9 Å². The first-order chi connectivity index (χ1) is 14.7. The van der Waals surface area contributed by atoms with E-state index in [1.807, 2.05) is 29.3 Å². The van der Waals surface area contributed by atoms with Crippen molar-refractivity contribution in [3.63, 3.8) is 0 Å². The van der Waals surface area contributed by atoms with E-state index in [1.54, 1.807) is 11.8 Å². The Hall–Kier alpha value is -1.55. The number of benzene rings is 1. The zero-order valence-corrected chi connectivity index (χ0v) is 18.1. The van der Waals surface area contributed by atoms with Gasteiger partial charge in [-0.1, -0.05) is 11.6 Å². The van der Waals surface area contributed by atoms with E-state index in [2.05, 4.69) is 11.6 Å². The fourth-order valence-corrected chi connectivity index (χ4v) is 4.74. The zero-order valence-electron chi connectivity index (χ0n) is 16.5. The Balaban J connectivity index is 1.40. The van der Waals surface area contributed by atoms with E-state index >= 15 is 0 Å². The predicted molar refractivity (Wildman–Crippen MR) is 113 cm³/mol. The highest BCUT2D eigenvalue weighted by Gasteiger charge is 2.28. The monoisotopic (exact) mass is 449 g/mol. The molecule has 1 aromatic heterocycles. The Bertz CT molecular complexity index is 892. The predicted octanol–water partition coefficient (Wildman–Crippen LogP) is 3.91. The molecule has 0 amide bonds. The van der Waals surface area contributed by atoms with Gasteiger partial charge in [0.1, 0.15) is 5.69 Å². The molecule has 160 valence electrons. The van der Waals surface area contributed by atoms with E-state index in [0.717, 1.165) is 58.2 Å². The van der Waals surface area contributed by atoms with Crippen molar-refractivity contribution in [2.45, 2.75) is 35.0 Å². The Morgan fingerprint density at radius 1 is 1.10 bits per heavy atom. The molecule has 2 aromatic rings. The minimum absolute atomic E-state index is 0.203. The van der Waals surface area contributed by atoms with Crippen LogP contribution < -0.4 is 5.43 Å². The normalized spacial score (nSPS) is 20.8. The standard InChI is InChI=1S/C21H24ClN3O4S/c22-16-1-3-17(4-2-16)30-21-19(24-20(29-21)14-5-7-26-8-6-14)15-11-23-25(12-15)13-18-27-9-10-28-18/h1-4,12,14,18,23H,5-11,13H2. The van der Waals surface area contributed by atoms with Gasteiger partial charge in [-0.25, -0.2) is 10.4 Å². The van der Waals surface area contributed by atoms with Gasteiger partial charge in [0.2, 0.25) is 0 Å². The Morgan fingerprint density at radius 3 is 2.63 bits per heavy atom. The summed E-state index contributed by atoms with van der Waals surface area (Å²) in [5.74, 6) is 1.09. The smallest absolute Gasteiger partial charge is 0.199 e. The highest BCUT2D eigenvalue weighted by molar-refractivity contribution is 7.99. The number of nitrogens with zero attached hydrogens (tertiary/aromatic N) is 2. The SMILES string of the molecule is Clc1ccc(Sc2oc(C3CCOCC3)nc2C2=CN(CC3OCCO3)NC2)cc1. The maximum Gasteiger partial charge on any atom is 0.199 e. The van der Waals surface area contributed by atoms with Gasteiger partial charge >= 0.3 is 0 Å². The number of hydrazine groups is 1. The lowest BCUT2D eigenvalue weighted by Gasteiger charge is -2.18. The Labute approximate surface area is 184 Å². The summed E-state index contributed by atoms with van der Waals surface area (Å²) in [4.78, 5) is 5.99.